The summed E-state index contributed by atoms with van der Waals surface area (Å²) >= 11 is 0. The second kappa shape index (κ2) is 5.11. The third kappa shape index (κ3) is 2.72. The van der Waals surface area contributed by atoms with Crippen LogP contribution in [0.3, 0.4) is 0 Å². The molecule has 0 unspecified atom stereocenters. The first-order valence-electron chi connectivity index (χ1n) is 6.81. The monoisotopic (exact) mass is 245 g/mol. The molecule has 3 heteroatoms. The predicted octanol–water partition coefficient (Wildman–Crippen LogP) is 2.50. The summed E-state index contributed by atoms with van der Waals surface area (Å²) in [5, 5.41) is 0. The molecule has 1 saturated carbocycles. The first kappa shape index (κ1) is 11.7. The van der Waals surface area contributed by atoms with Gasteiger partial charge in [-0.2, -0.15) is 0 Å². The number of benzene rings is 1. The first-order chi connectivity index (χ1) is 8.85. The van der Waals surface area contributed by atoms with E-state index in [0.717, 1.165) is 30.9 Å². The summed E-state index contributed by atoms with van der Waals surface area (Å²) in [5.41, 5.74) is 0.700. The van der Waals surface area contributed by atoms with Gasteiger partial charge >= 0.3 is 0 Å². The molecule has 0 atom stereocenters. The highest BCUT2D eigenvalue weighted by Gasteiger charge is 2.32. The summed E-state index contributed by atoms with van der Waals surface area (Å²) in [5.74, 6) is 0.880. The molecule has 0 N–H and O–H groups in total. The molecule has 1 heterocycles. The number of hydrogen-bond acceptors (Lipinski definition) is 3. The summed E-state index contributed by atoms with van der Waals surface area (Å²) in [6.07, 6.45) is 6.20. The Balaban J connectivity index is 1.51. The van der Waals surface area contributed by atoms with E-state index in [4.69, 9.17) is 4.74 Å². The third-order valence-electron chi connectivity index (χ3n) is 3.86. The van der Waals surface area contributed by atoms with Gasteiger partial charge in [-0.15, -0.1) is 0 Å². The van der Waals surface area contributed by atoms with Crippen molar-refractivity contribution in [2.75, 3.05) is 13.1 Å². The minimum absolute atomic E-state index is 0.335. The average Bonchev–Trinajstić information content (AvgIpc) is 3.25. The molecule has 2 fully saturated rings. The van der Waals surface area contributed by atoms with Crippen LogP contribution < -0.4 is 4.74 Å². The van der Waals surface area contributed by atoms with Crippen molar-refractivity contribution in [1.82, 2.24) is 4.90 Å². The van der Waals surface area contributed by atoms with Crippen LogP contribution in [0.15, 0.2) is 24.3 Å². The van der Waals surface area contributed by atoms with Crippen LogP contribution in [0.4, 0.5) is 0 Å². The molecular formula is C15H19NO2. The molecule has 0 amide bonds. The lowest BCUT2D eigenvalue weighted by Crippen LogP contribution is -2.39. The topological polar surface area (TPSA) is 29.5 Å². The number of likely N-dealkylation sites (tertiary alicyclic amines) is 1. The van der Waals surface area contributed by atoms with Crippen LogP contribution in [0.5, 0.6) is 5.75 Å². The van der Waals surface area contributed by atoms with Gasteiger partial charge in [0.25, 0.3) is 0 Å². The molecule has 0 radical (unpaired) electrons. The predicted molar refractivity (Wildman–Crippen MR) is 70.1 cm³/mol. The fraction of sp³-hybridized carbons (Fsp3) is 0.533. The van der Waals surface area contributed by atoms with Gasteiger partial charge in [-0.05, 0) is 49.9 Å². The lowest BCUT2D eigenvalue weighted by molar-refractivity contribution is 0.0965. The van der Waals surface area contributed by atoms with Gasteiger partial charge in [0.2, 0.25) is 0 Å². The summed E-state index contributed by atoms with van der Waals surface area (Å²) in [6, 6.07) is 8.26. The quantitative estimate of drug-likeness (QED) is 0.763. The highest BCUT2D eigenvalue weighted by Crippen LogP contribution is 2.30. The third-order valence-corrected chi connectivity index (χ3v) is 3.86. The number of carbonyl (C=O) groups is 1. The van der Waals surface area contributed by atoms with Crippen LogP contribution in [0.25, 0.3) is 0 Å². The Morgan fingerprint density at radius 3 is 2.28 bits per heavy atom. The van der Waals surface area contributed by atoms with Crippen molar-refractivity contribution in [3.63, 3.8) is 0 Å². The first-order valence-corrected chi connectivity index (χ1v) is 6.81. The zero-order valence-corrected chi connectivity index (χ0v) is 10.5. The Labute approximate surface area is 108 Å². The van der Waals surface area contributed by atoms with Crippen LogP contribution in [-0.2, 0) is 0 Å². The van der Waals surface area contributed by atoms with Crippen LogP contribution >= 0.6 is 0 Å². The molecule has 96 valence electrons. The van der Waals surface area contributed by atoms with Gasteiger partial charge in [-0.3, -0.25) is 4.79 Å². The van der Waals surface area contributed by atoms with Gasteiger partial charge in [0.15, 0.2) is 0 Å². The lowest BCUT2D eigenvalue weighted by atomic mass is 10.1. The number of nitrogens with zero attached hydrogens (tertiary/aromatic N) is 1. The molecule has 1 aliphatic heterocycles. The van der Waals surface area contributed by atoms with Crippen molar-refractivity contribution < 1.29 is 9.53 Å². The van der Waals surface area contributed by atoms with Crippen molar-refractivity contribution in [1.29, 1.82) is 0 Å². The minimum Gasteiger partial charge on any atom is -0.490 e. The van der Waals surface area contributed by atoms with Crippen molar-refractivity contribution in [3.05, 3.63) is 29.8 Å². The maximum Gasteiger partial charge on any atom is 0.150 e. The number of rotatable bonds is 4. The smallest absolute Gasteiger partial charge is 0.150 e. The molecule has 0 aromatic heterocycles. The molecular weight excluding hydrogens is 226 g/mol. The fourth-order valence-electron chi connectivity index (χ4n) is 2.62. The van der Waals surface area contributed by atoms with E-state index < -0.39 is 0 Å². The maximum atomic E-state index is 10.6. The molecule has 1 aromatic carbocycles. The zero-order chi connectivity index (χ0) is 12.4. The van der Waals surface area contributed by atoms with Gasteiger partial charge in [0.05, 0.1) is 0 Å². The average molecular weight is 245 g/mol. The Morgan fingerprint density at radius 2 is 1.72 bits per heavy atom. The molecule has 3 nitrogen and oxygen atoms in total. The fourth-order valence-corrected chi connectivity index (χ4v) is 2.62. The Morgan fingerprint density at radius 1 is 1.06 bits per heavy atom. The molecule has 1 aliphatic carbocycles. The molecule has 3 rings (SSSR count). The van der Waals surface area contributed by atoms with E-state index >= 15 is 0 Å². The Bertz CT molecular complexity index is 403. The van der Waals surface area contributed by atoms with Crippen LogP contribution in [0, 0.1) is 0 Å². The highest BCUT2D eigenvalue weighted by atomic mass is 16.5. The van der Waals surface area contributed by atoms with Crippen molar-refractivity contribution in [2.45, 2.75) is 37.8 Å². The SMILES string of the molecule is O=Cc1ccc(OC2CCN(C3CC3)CC2)cc1. The van der Waals surface area contributed by atoms with E-state index in [1.54, 1.807) is 0 Å². The second-order valence-electron chi connectivity index (χ2n) is 5.27. The molecule has 0 bridgehead atoms. The lowest BCUT2D eigenvalue weighted by Gasteiger charge is -2.32. The summed E-state index contributed by atoms with van der Waals surface area (Å²) in [6.45, 7) is 2.34. The van der Waals surface area contributed by atoms with E-state index in [9.17, 15) is 4.79 Å². The van der Waals surface area contributed by atoms with Gasteiger partial charge in [-0.25, -0.2) is 0 Å². The summed E-state index contributed by atoms with van der Waals surface area (Å²) < 4.78 is 5.96. The van der Waals surface area contributed by atoms with Crippen molar-refractivity contribution >= 4 is 6.29 Å². The van der Waals surface area contributed by atoms with Crippen LogP contribution in [-0.4, -0.2) is 36.4 Å². The standard InChI is InChI=1S/C15H19NO2/c17-11-12-1-5-14(6-2-12)18-15-7-9-16(10-8-15)13-3-4-13/h1-2,5-6,11,13,15H,3-4,7-10H2. The van der Waals surface area contributed by atoms with Gasteiger partial charge in [-0.1, -0.05) is 0 Å². The van der Waals surface area contributed by atoms with E-state index in [-0.39, 0.29) is 0 Å². The highest BCUT2D eigenvalue weighted by molar-refractivity contribution is 5.74. The van der Waals surface area contributed by atoms with Gasteiger partial charge in [0.1, 0.15) is 18.1 Å². The van der Waals surface area contributed by atoms with Crippen molar-refractivity contribution in [3.8, 4) is 5.75 Å². The maximum absolute atomic E-state index is 10.6. The summed E-state index contributed by atoms with van der Waals surface area (Å²) in [4.78, 5) is 13.2. The molecule has 0 spiro atoms. The van der Waals surface area contributed by atoms with E-state index in [1.807, 2.05) is 24.3 Å². The molecule has 18 heavy (non-hydrogen) atoms. The van der Waals surface area contributed by atoms with E-state index in [2.05, 4.69) is 4.90 Å². The summed E-state index contributed by atoms with van der Waals surface area (Å²) in [7, 11) is 0. The molecule has 1 aromatic rings. The zero-order valence-electron chi connectivity index (χ0n) is 10.5. The molecule has 2 aliphatic rings. The van der Waals surface area contributed by atoms with Crippen molar-refractivity contribution in [2.24, 2.45) is 0 Å². The number of carbonyl (C=O) groups excluding carboxylic acids is 1. The van der Waals surface area contributed by atoms with Crippen LogP contribution in [0.2, 0.25) is 0 Å². The number of piperidine rings is 1. The van der Waals surface area contributed by atoms with E-state index in [0.29, 0.717) is 11.7 Å². The minimum atomic E-state index is 0.335. The number of aldehydes is 1. The largest absolute Gasteiger partial charge is 0.490 e. The van der Waals surface area contributed by atoms with Crippen LogP contribution in [0.1, 0.15) is 36.0 Å². The number of hydrogen-bond donors (Lipinski definition) is 0. The van der Waals surface area contributed by atoms with E-state index in [1.165, 1.54) is 25.9 Å². The van der Waals surface area contributed by atoms with Gasteiger partial charge in [0, 0.05) is 24.7 Å². The Hall–Kier alpha value is -1.35. The van der Waals surface area contributed by atoms with Gasteiger partial charge < -0.3 is 9.64 Å². The molecule has 1 saturated heterocycles. The number of ether oxygens (including phenoxy) is 1. The second-order valence-corrected chi connectivity index (χ2v) is 5.27. The normalized spacial score (nSPS) is 21.8. The Kier molecular flexibility index (Phi) is 3.33.